The van der Waals surface area contributed by atoms with Crippen molar-refractivity contribution in [2.75, 3.05) is 0 Å². The summed E-state index contributed by atoms with van der Waals surface area (Å²) in [5.41, 5.74) is 10.9. The van der Waals surface area contributed by atoms with Crippen LogP contribution < -0.4 is 0 Å². The van der Waals surface area contributed by atoms with Crippen LogP contribution in [0.1, 0.15) is 64.4 Å². The standard InChI is InChI=1S/C19H15.C6H10.Zr/c1-13-10-11-16(14-6-2-3-7-14)18-12-15-8-4-5-9-17(15)19(13)18;1-2-4-6-5-3-1;/h2-6,8-12H,7H2,1H3;1-5H2;. The molecule has 0 amide bonds. The zero-order valence-corrected chi connectivity index (χ0v) is 18.0. The molecule has 2 aromatic rings. The van der Waals surface area contributed by atoms with E-state index in [-0.39, 0.29) is 0 Å². The normalized spacial score (nSPS) is 20.6. The zero-order valence-electron chi connectivity index (χ0n) is 15.5. The van der Waals surface area contributed by atoms with Crippen LogP contribution in [0, 0.1) is 6.92 Å². The van der Waals surface area contributed by atoms with E-state index in [0.29, 0.717) is 3.63 Å². The van der Waals surface area contributed by atoms with Gasteiger partial charge in [-0.3, -0.25) is 0 Å². The molecule has 1 fully saturated rings. The predicted molar refractivity (Wildman–Crippen MR) is 108 cm³/mol. The molecule has 1 atom stereocenters. The molecule has 26 heavy (non-hydrogen) atoms. The van der Waals surface area contributed by atoms with E-state index in [1.165, 1.54) is 54.4 Å². The van der Waals surface area contributed by atoms with Crippen molar-refractivity contribution in [3.05, 3.63) is 76.9 Å². The molecule has 129 valence electrons. The summed E-state index contributed by atoms with van der Waals surface area (Å²) in [6, 6.07) is 14.0. The Kier molecular flexibility index (Phi) is 4.53. The van der Waals surface area contributed by atoms with E-state index in [2.05, 4.69) is 61.5 Å². The van der Waals surface area contributed by atoms with E-state index in [4.69, 9.17) is 0 Å². The Morgan fingerprint density at radius 3 is 2.58 bits per heavy atom. The van der Waals surface area contributed by atoms with Crippen LogP contribution >= 0.6 is 0 Å². The third-order valence-corrected chi connectivity index (χ3v) is 10.6. The van der Waals surface area contributed by atoms with Crippen LogP contribution in [0.15, 0.2) is 54.6 Å². The van der Waals surface area contributed by atoms with Crippen molar-refractivity contribution in [2.24, 2.45) is 0 Å². The van der Waals surface area contributed by atoms with Gasteiger partial charge in [0.25, 0.3) is 0 Å². The summed E-state index contributed by atoms with van der Waals surface area (Å²) >= 11 is -0.611. The van der Waals surface area contributed by atoms with Crippen molar-refractivity contribution >= 4 is 8.78 Å². The maximum absolute atomic E-state index is 2.43. The maximum atomic E-state index is 2.43. The van der Waals surface area contributed by atoms with Gasteiger partial charge in [-0.25, -0.2) is 0 Å². The number of hydrogen-bond donors (Lipinski definition) is 0. The number of fused-ring (bicyclic) bond motifs is 3. The molecule has 5 rings (SSSR count). The van der Waals surface area contributed by atoms with Crippen molar-refractivity contribution in [3.63, 3.8) is 0 Å². The third kappa shape index (κ3) is 2.80. The fraction of sp³-hybridized carbons (Fsp3) is 0.320. The van der Waals surface area contributed by atoms with Crippen LogP contribution in [-0.2, 0) is 22.8 Å². The first-order valence-corrected chi connectivity index (χ1v) is 12.7. The van der Waals surface area contributed by atoms with Crippen LogP contribution in [0.25, 0.3) is 16.7 Å². The summed E-state index contributed by atoms with van der Waals surface area (Å²) in [7, 11) is 0. The van der Waals surface area contributed by atoms with Crippen molar-refractivity contribution in [1.82, 2.24) is 0 Å². The van der Waals surface area contributed by atoms with Gasteiger partial charge in [0.05, 0.1) is 0 Å². The van der Waals surface area contributed by atoms with Gasteiger partial charge < -0.3 is 0 Å². The van der Waals surface area contributed by atoms with Gasteiger partial charge in [-0.05, 0) is 0 Å². The topological polar surface area (TPSA) is 0 Å². The Morgan fingerprint density at radius 2 is 1.77 bits per heavy atom. The Bertz CT molecular complexity index is 950. The van der Waals surface area contributed by atoms with Gasteiger partial charge in [-0.1, -0.05) is 0 Å². The second-order valence-electron chi connectivity index (χ2n) is 7.87. The second-order valence-corrected chi connectivity index (χ2v) is 11.7. The minimum atomic E-state index is -0.611. The monoisotopic (exact) mass is 415 g/mol. The molecule has 0 aromatic heterocycles. The van der Waals surface area contributed by atoms with Crippen molar-refractivity contribution in [1.29, 1.82) is 0 Å². The van der Waals surface area contributed by atoms with Crippen molar-refractivity contribution < 1.29 is 22.8 Å². The first kappa shape index (κ1) is 16.8. The van der Waals surface area contributed by atoms with Gasteiger partial charge in [-0.15, -0.1) is 0 Å². The van der Waals surface area contributed by atoms with Crippen LogP contribution in [0.5, 0.6) is 0 Å². The van der Waals surface area contributed by atoms with E-state index in [9.17, 15) is 0 Å². The van der Waals surface area contributed by atoms with E-state index in [1.807, 2.05) is 3.21 Å². The summed E-state index contributed by atoms with van der Waals surface area (Å²) < 4.78 is 2.69. The van der Waals surface area contributed by atoms with E-state index >= 15 is 0 Å². The number of hydrogen-bond acceptors (Lipinski definition) is 0. The van der Waals surface area contributed by atoms with Gasteiger partial charge in [-0.2, -0.15) is 0 Å². The van der Waals surface area contributed by atoms with Crippen LogP contribution in [-0.4, -0.2) is 3.21 Å². The molecule has 0 aliphatic heterocycles. The first-order chi connectivity index (χ1) is 12.8. The predicted octanol–water partition coefficient (Wildman–Crippen LogP) is 6.63. The molecule has 0 bridgehead atoms. The van der Waals surface area contributed by atoms with Gasteiger partial charge in [0.1, 0.15) is 0 Å². The fourth-order valence-corrected chi connectivity index (χ4v) is 9.60. The van der Waals surface area contributed by atoms with Crippen molar-refractivity contribution in [2.45, 2.75) is 49.1 Å². The quantitative estimate of drug-likeness (QED) is 0.515. The molecule has 0 saturated heterocycles. The average molecular weight is 417 g/mol. The number of aryl methyl sites for hydroxylation is 1. The van der Waals surface area contributed by atoms with Crippen LogP contribution in [0.3, 0.4) is 0 Å². The average Bonchev–Trinajstić information content (AvgIpc) is 3.31. The second kappa shape index (κ2) is 7.01. The molecule has 2 aromatic carbocycles. The summed E-state index contributed by atoms with van der Waals surface area (Å²) in [5.74, 6) is 0. The molecule has 1 saturated carbocycles. The Labute approximate surface area is 168 Å². The van der Waals surface area contributed by atoms with E-state index in [1.54, 1.807) is 16.7 Å². The molecule has 1 heteroatoms. The van der Waals surface area contributed by atoms with Gasteiger partial charge >= 0.3 is 169 Å². The summed E-state index contributed by atoms with van der Waals surface area (Å²) in [4.78, 5) is 0. The number of allylic oxidation sites excluding steroid dienone is 4. The molecule has 3 aliphatic rings. The SMILES string of the molecule is Cc1ccc(C2=CC=CC2)c2c1-c1ccccc1[CH]2[Zr]=[C]1CCCCC1. The molecule has 0 radical (unpaired) electrons. The molecule has 0 heterocycles. The summed E-state index contributed by atoms with van der Waals surface area (Å²) in [5, 5.41) is 0. The van der Waals surface area contributed by atoms with Crippen molar-refractivity contribution in [3.8, 4) is 11.1 Å². The summed E-state index contributed by atoms with van der Waals surface area (Å²) in [6.45, 7) is 2.31. The van der Waals surface area contributed by atoms with Gasteiger partial charge in [0, 0.05) is 0 Å². The fourth-order valence-electron chi connectivity index (χ4n) is 4.92. The van der Waals surface area contributed by atoms with Crippen LogP contribution in [0.2, 0.25) is 0 Å². The zero-order chi connectivity index (χ0) is 17.5. The third-order valence-electron chi connectivity index (χ3n) is 6.21. The molecule has 0 N–H and O–H groups in total. The van der Waals surface area contributed by atoms with Gasteiger partial charge in [0.15, 0.2) is 0 Å². The number of benzene rings is 2. The molecular weight excluding hydrogens is 391 g/mol. The molecule has 1 unspecified atom stereocenters. The molecule has 3 aliphatic carbocycles. The Morgan fingerprint density at radius 1 is 0.923 bits per heavy atom. The van der Waals surface area contributed by atoms with E-state index in [0.717, 1.165) is 6.42 Å². The first-order valence-electron chi connectivity index (χ1n) is 10.0. The van der Waals surface area contributed by atoms with Gasteiger partial charge in [0.2, 0.25) is 0 Å². The summed E-state index contributed by atoms with van der Waals surface area (Å²) in [6.07, 6.45) is 15.1. The molecule has 0 nitrogen and oxygen atoms in total. The molecule has 0 spiro atoms. The molecular formula is C25H25Zr. The Hall–Kier alpha value is -1.33. The van der Waals surface area contributed by atoms with Crippen LogP contribution in [0.4, 0.5) is 0 Å². The Balaban J connectivity index is 1.73. The number of rotatable bonds is 2. The van der Waals surface area contributed by atoms with E-state index < -0.39 is 22.8 Å². The minimum absolute atomic E-state index is 0.611.